The molecule has 2 aromatic rings. The molecule has 1 N–H and O–H groups in total. The maximum atomic E-state index is 13.6. The number of amidine groups is 1. The van der Waals surface area contributed by atoms with Gasteiger partial charge in [-0.05, 0) is 49.4 Å². The molecule has 6 rings (SSSR count). The molecule has 132 valence electrons. The second-order valence-electron chi connectivity index (χ2n) is 7.98. The highest BCUT2D eigenvalue weighted by molar-refractivity contribution is 5.88. The van der Waals surface area contributed by atoms with E-state index in [9.17, 15) is 4.39 Å². The van der Waals surface area contributed by atoms with E-state index in [1.165, 1.54) is 25.0 Å². The number of nitrogens with one attached hydrogen (secondary N) is 1. The number of pyridine rings is 1. The normalized spacial score (nSPS) is 36.0. The quantitative estimate of drug-likeness (QED) is 0.859. The van der Waals surface area contributed by atoms with E-state index in [2.05, 4.69) is 26.8 Å². The van der Waals surface area contributed by atoms with Crippen molar-refractivity contribution in [1.82, 2.24) is 15.2 Å². The summed E-state index contributed by atoms with van der Waals surface area (Å²) in [6.07, 6.45) is 2.45. The fourth-order valence-electron chi connectivity index (χ4n) is 5.21. The van der Waals surface area contributed by atoms with Crippen LogP contribution in [-0.4, -0.2) is 40.1 Å². The van der Waals surface area contributed by atoms with Crippen LogP contribution in [0.3, 0.4) is 0 Å². The first-order valence-corrected chi connectivity index (χ1v) is 9.06. The van der Waals surface area contributed by atoms with Crippen molar-refractivity contribution in [1.29, 1.82) is 0 Å². The highest BCUT2D eigenvalue weighted by Crippen LogP contribution is 2.69. The summed E-state index contributed by atoms with van der Waals surface area (Å²) >= 11 is 0. The third-order valence-electron chi connectivity index (χ3n) is 6.71. The number of halogens is 1. The van der Waals surface area contributed by atoms with Gasteiger partial charge in [0.25, 0.3) is 6.02 Å². The Balaban J connectivity index is 1.37. The zero-order valence-electron chi connectivity index (χ0n) is 14.6. The van der Waals surface area contributed by atoms with Crippen LogP contribution in [0.25, 0.3) is 10.8 Å². The van der Waals surface area contributed by atoms with E-state index in [1.807, 2.05) is 6.92 Å². The van der Waals surface area contributed by atoms with Gasteiger partial charge in [0.05, 0.1) is 5.70 Å². The fraction of sp³-hybridized carbons (Fsp3) is 0.400. The van der Waals surface area contributed by atoms with Crippen molar-refractivity contribution in [2.75, 3.05) is 13.1 Å². The number of hydrogen-bond donors (Lipinski definition) is 1. The van der Waals surface area contributed by atoms with Crippen LogP contribution in [0.5, 0.6) is 0 Å². The maximum absolute atomic E-state index is 13.6. The monoisotopic (exact) mass is 350 g/mol. The Kier molecular flexibility index (Phi) is 2.50. The van der Waals surface area contributed by atoms with Crippen molar-refractivity contribution in [3.63, 3.8) is 0 Å². The summed E-state index contributed by atoms with van der Waals surface area (Å²) in [5.74, 6) is 0.760. The van der Waals surface area contributed by atoms with Crippen molar-refractivity contribution in [3.8, 4) is 0 Å². The number of aliphatic imine (C=N–C) groups is 1. The topological polar surface area (TPSA) is 49.8 Å². The fourth-order valence-corrected chi connectivity index (χ4v) is 5.21. The standard InChI is InChI=1S/C20H19FN4O/c1-11-15-4-3-14(21)7-13(15)8-17(22-11)24-18-23-12(2)20(26-18)10-25-6-5-19(25)9-16(19)20/h3-4,7-8,16H,2,5-6,9-10H2,1H3,(H,22,23,24)/t16?,19?,20-/m1/s1. The number of fused-ring (bicyclic) bond motifs is 2. The average Bonchev–Trinajstić information content (AvgIpc) is 3.25. The van der Waals surface area contributed by atoms with Crippen LogP contribution in [0.4, 0.5) is 10.2 Å². The average molecular weight is 350 g/mol. The Bertz CT molecular complexity index is 1030. The zero-order chi connectivity index (χ0) is 17.7. The van der Waals surface area contributed by atoms with E-state index in [0.717, 1.165) is 35.3 Å². The van der Waals surface area contributed by atoms with Crippen molar-refractivity contribution < 1.29 is 9.13 Å². The van der Waals surface area contributed by atoms with Gasteiger partial charge in [-0.25, -0.2) is 9.37 Å². The van der Waals surface area contributed by atoms with Gasteiger partial charge in [-0.15, -0.1) is 0 Å². The van der Waals surface area contributed by atoms with Crippen LogP contribution >= 0.6 is 0 Å². The predicted octanol–water partition coefficient (Wildman–Crippen LogP) is 3.02. The second-order valence-corrected chi connectivity index (χ2v) is 7.98. The molecule has 4 heterocycles. The third kappa shape index (κ3) is 1.68. The van der Waals surface area contributed by atoms with Gasteiger partial charge in [0.1, 0.15) is 5.82 Å². The largest absolute Gasteiger partial charge is 0.450 e. The Morgan fingerprint density at radius 2 is 2.31 bits per heavy atom. The van der Waals surface area contributed by atoms with Gasteiger partial charge in [0.2, 0.25) is 0 Å². The summed E-state index contributed by atoms with van der Waals surface area (Å²) in [5, 5.41) is 4.94. The van der Waals surface area contributed by atoms with Crippen molar-refractivity contribution in [3.05, 3.63) is 48.1 Å². The Labute approximate surface area is 150 Å². The zero-order valence-corrected chi connectivity index (χ0v) is 14.6. The molecule has 4 fully saturated rings. The molecule has 1 aromatic carbocycles. The molecule has 0 radical (unpaired) electrons. The van der Waals surface area contributed by atoms with E-state index in [0.29, 0.717) is 23.3 Å². The predicted molar refractivity (Wildman–Crippen MR) is 96.7 cm³/mol. The molecule has 0 bridgehead atoms. The Hall–Kier alpha value is -2.47. The van der Waals surface area contributed by atoms with E-state index in [4.69, 9.17) is 4.74 Å². The lowest BCUT2D eigenvalue weighted by molar-refractivity contribution is 0.0583. The molecule has 2 unspecified atom stereocenters. The number of rotatable bonds is 1. The smallest absolute Gasteiger partial charge is 0.296 e. The number of nitrogens with zero attached hydrogens (tertiary/aromatic N) is 3. The Morgan fingerprint density at radius 1 is 1.42 bits per heavy atom. The van der Waals surface area contributed by atoms with Gasteiger partial charge in [0.15, 0.2) is 11.4 Å². The number of aromatic nitrogens is 1. The van der Waals surface area contributed by atoms with Gasteiger partial charge in [0, 0.05) is 35.6 Å². The van der Waals surface area contributed by atoms with E-state index in [1.54, 1.807) is 12.1 Å². The lowest BCUT2D eigenvalue weighted by Gasteiger charge is -2.38. The van der Waals surface area contributed by atoms with E-state index < -0.39 is 0 Å². The number of hydrogen-bond acceptors (Lipinski definition) is 4. The molecule has 6 heteroatoms. The molecular weight excluding hydrogens is 331 g/mol. The molecule has 1 aliphatic carbocycles. The third-order valence-corrected chi connectivity index (χ3v) is 6.71. The number of benzene rings is 1. The first-order chi connectivity index (χ1) is 12.5. The molecule has 1 aromatic heterocycles. The van der Waals surface area contributed by atoms with Crippen LogP contribution < -0.4 is 5.32 Å². The lowest BCUT2D eigenvalue weighted by Crippen LogP contribution is -2.49. The van der Waals surface area contributed by atoms with Gasteiger partial charge in [-0.2, -0.15) is 4.99 Å². The molecule has 4 aliphatic rings. The summed E-state index contributed by atoms with van der Waals surface area (Å²) in [6.45, 7) is 8.16. The highest BCUT2D eigenvalue weighted by Gasteiger charge is 2.79. The van der Waals surface area contributed by atoms with Crippen LogP contribution in [0.15, 0.2) is 41.5 Å². The molecule has 3 aliphatic heterocycles. The van der Waals surface area contributed by atoms with Crippen molar-refractivity contribution in [2.24, 2.45) is 10.9 Å². The van der Waals surface area contributed by atoms with E-state index >= 15 is 0 Å². The Morgan fingerprint density at radius 3 is 3.00 bits per heavy atom. The van der Waals surface area contributed by atoms with Gasteiger partial charge in [-0.1, -0.05) is 6.58 Å². The van der Waals surface area contributed by atoms with Crippen molar-refractivity contribution in [2.45, 2.75) is 30.9 Å². The summed E-state index contributed by atoms with van der Waals surface area (Å²) in [4.78, 5) is 11.6. The number of piperidine rings is 1. The van der Waals surface area contributed by atoms with Crippen LogP contribution in [0.1, 0.15) is 18.5 Å². The number of ether oxygens (including phenoxy) is 1. The minimum Gasteiger partial charge on any atom is -0.450 e. The first-order valence-electron chi connectivity index (χ1n) is 9.06. The van der Waals surface area contributed by atoms with Gasteiger partial charge in [-0.3, -0.25) is 4.90 Å². The summed E-state index contributed by atoms with van der Waals surface area (Å²) in [7, 11) is 0. The van der Waals surface area contributed by atoms with Crippen molar-refractivity contribution >= 4 is 22.6 Å². The molecule has 26 heavy (non-hydrogen) atoms. The molecule has 3 saturated heterocycles. The van der Waals surface area contributed by atoms with Crippen LogP contribution in [0, 0.1) is 18.7 Å². The highest BCUT2D eigenvalue weighted by atomic mass is 19.1. The second kappa shape index (κ2) is 4.43. The molecule has 3 atom stereocenters. The minimum atomic E-state index is -0.354. The van der Waals surface area contributed by atoms with Gasteiger partial charge >= 0.3 is 0 Å². The summed E-state index contributed by atoms with van der Waals surface area (Å²) < 4.78 is 19.9. The number of aryl methyl sites for hydroxylation is 1. The lowest BCUT2D eigenvalue weighted by atomic mass is 9.95. The molecular formula is C20H19FN4O. The summed E-state index contributed by atoms with van der Waals surface area (Å²) in [6, 6.07) is 6.94. The SMILES string of the molecule is C=C1NC(=Nc2cc3cc(F)ccc3c(C)n2)O[C@]12CN1CCC13CC32. The molecule has 0 amide bonds. The van der Waals surface area contributed by atoms with Crippen LogP contribution in [0.2, 0.25) is 0 Å². The molecule has 2 spiro atoms. The first kappa shape index (κ1) is 14.7. The maximum Gasteiger partial charge on any atom is 0.296 e. The molecule has 1 saturated carbocycles. The van der Waals surface area contributed by atoms with Crippen LogP contribution in [-0.2, 0) is 4.74 Å². The molecule has 5 nitrogen and oxygen atoms in total. The summed E-state index contributed by atoms with van der Waals surface area (Å²) in [5.41, 5.74) is 1.73. The van der Waals surface area contributed by atoms with Gasteiger partial charge < -0.3 is 10.1 Å². The minimum absolute atomic E-state index is 0.265. The van der Waals surface area contributed by atoms with E-state index in [-0.39, 0.29) is 11.4 Å².